The molecule has 5 rings (SSSR count). The van der Waals surface area contributed by atoms with E-state index in [1.165, 1.54) is 22.9 Å². The third-order valence-electron chi connectivity index (χ3n) is 8.03. The molecule has 1 aromatic heterocycles. The summed E-state index contributed by atoms with van der Waals surface area (Å²) >= 11 is 0. The van der Waals surface area contributed by atoms with E-state index in [1.807, 2.05) is 12.1 Å². The van der Waals surface area contributed by atoms with Crippen molar-refractivity contribution in [2.45, 2.75) is 56.8 Å². The second-order valence-electron chi connectivity index (χ2n) is 11.2. The number of carboxylic acid groups (broad SMARTS) is 1. The lowest BCUT2D eigenvalue weighted by Crippen LogP contribution is -2.36. The number of hydrogen-bond acceptors (Lipinski definition) is 7. The summed E-state index contributed by atoms with van der Waals surface area (Å²) in [6.07, 6.45) is 1.18. The Morgan fingerprint density at radius 3 is 2.40 bits per heavy atom. The van der Waals surface area contributed by atoms with Crippen LogP contribution in [0.5, 0.6) is 0 Å². The van der Waals surface area contributed by atoms with E-state index in [0.29, 0.717) is 29.5 Å². The molecule has 1 aliphatic heterocycles. The largest absolute Gasteiger partial charge is 0.490 e. The molecule has 2 aromatic carbocycles. The van der Waals surface area contributed by atoms with Crippen LogP contribution in [-0.2, 0) is 9.53 Å². The number of halogens is 5. The fourth-order valence-corrected chi connectivity index (χ4v) is 5.60. The Hall–Kier alpha value is -4.22. The van der Waals surface area contributed by atoms with Crippen LogP contribution in [0.2, 0.25) is 0 Å². The minimum absolute atomic E-state index is 0.0421. The average molecular weight is 635 g/mol. The van der Waals surface area contributed by atoms with Gasteiger partial charge in [0.05, 0.1) is 17.4 Å². The van der Waals surface area contributed by atoms with Crippen molar-refractivity contribution in [2.75, 3.05) is 37.0 Å². The first-order chi connectivity index (χ1) is 21.4. The number of aromatic nitrogens is 2. The van der Waals surface area contributed by atoms with E-state index in [2.05, 4.69) is 15.3 Å². The Labute approximate surface area is 257 Å². The molecule has 2 atom stereocenters. The highest BCUT2D eigenvalue weighted by Crippen LogP contribution is 2.31. The standard InChI is InChI=1S/C29H34F2N6O.C2HF3O2/c1-38-24-9-11-36(12-10-24)23-7-8-27(26(31)15-23)37-28(20-5-6-21(17-32)25(30)14-20)16-29(35-37)34-18-19-3-2-4-22(33)13-19;3-2(4,5)1(6)7/h5-8,14-16,19,22,24H,2-4,9-13,18,33H2,1H3,(H,34,35);(H,6,7)/t19-,22-;/m0./s1. The van der Waals surface area contributed by atoms with Crippen LogP contribution in [0.15, 0.2) is 42.5 Å². The van der Waals surface area contributed by atoms with Crippen molar-refractivity contribution >= 4 is 17.5 Å². The predicted molar refractivity (Wildman–Crippen MR) is 158 cm³/mol. The SMILES string of the molecule is COC1CCN(c2ccc(-n3nc(NC[C@H]4CCC[C@H](N)C4)cc3-c3ccc(C#N)c(F)c3)c(F)c2)CC1.O=C(O)C(F)(F)F. The molecule has 45 heavy (non-hydrogen) atoms. The van der Waals surface area contributed by atoms with Crippen molar-refractivity contribution in [1.29, 1.82) is 5.26 Å². The Morgan fingerprint density at radius 2 is 1.82 bits per heavy atom. The van der Waals surface area contributed by atoms with Crippen LogP contribution in [-0.4, -0.2) is 65.9 Å². The Balaban J connectivity index is 0.000000591. The molecule has 0 bridgehead atoms. The predicted octanol–water partition coefficient (Wildman–Crippen LogP) is 5.87. The van der Waals surface area contributed by atoms with Crippen LogP contribution >= 0.6 is 0 Å². The van der Waals surface area contributed by atoms with Gasteiger partial charge in [0, 0.05) is 50.1 Å². The van der Waals surface area contributed by atoms with Crippen molar-refractivity contribution in [3.8, 4) is 23.0 Å². The third kappa shape index (κ3) is 8.70. The molecule has 9 nitrogen and oxygen atoms in total. The number of hydrogen-bond donors (Lipinski definition) is 3. The summed E-state index contributed by atoms with van der Waals surface area (Å²) in [7, 11) is 1.73. The number of nitrogens with zero attached hydrogens (tertiary/aromatic N) is 4. The maximum absolute atomic E-state index is 15.6. The molecular weight excluding hydrogens is 599 g/mol. The highest BCUT2D eigenvalue weighted by molar-refractivity contribution is 5.73. The van der Waals surface area contributed by atoms with Gasteiger partial charge in [0.15, 0.2) is 5.82 Å². The molecule has 2 fully saturated rings. The number of piperidine rings is 1. The maximum Gasteiger partial charge on any atom is 0.490 e. The Kier molecular flexibility index (Phi) is 11.0. The summed E-state index contributed by atoms with van der Waals surface area (Å²) in [5, 5.41) is 24.3. The fourth-order valence-electron chi connectivity index (χ4n) is 5.60. The van der Waals surface area contributed by atoms with Gasteiger partial charge in [-0.3, -0.25) is 0 Å². The highest BCUT2D eigenvalue weighted by Gasteiger charge is 2.38. The van der Waals surface area contributed by atoms with Gasteiger partial charge in [-0.05, 0) is 68.4 Å². The smallest absolute Gasteiger partial charge is 0.475 e. The van der Waals surface area contributed by atoms with Crippen molar-refractivity contribution in [2.24, 2.45) is 11.7 Å². The van der Waals surface area contributed by atoms with Crippen LogP contribution in [0.4, 0.5) is 33.5 Å². The van der Waals surface area contributed by atoms with E-state index in [-0.39, 0.29) is 23.4 Å². The number of ether oxygens (including phenoxy) is 1. The van der Waals surface area contributed by atoms with Gasteiger partial charge >= 0.3 is 12.1 Å². The van der Waals surface area contributed by atoms with Gasteiger partial charge in [0.25, 0.3) is 0 Å². The number of nitrogens with two attached hydrogens (primary N) is 1. The first-order valence-electron chi connectivity index (χ1n) is 14.6. The molecule has 4 N–H and O–H groups in total. The third-order valence-corrected chi connectivity index (χ3v) is 8.03. The minimum Gasteiger partial charge on any atom is -0.475 e. The molecule has 1 saturated heterocycles. The van der Waals surface area contributed by atoms with Crippen LogP contribution in [0.3, 0.4) is 0 Å². The summed E-state index contributed by atoms with van der Waals surface area (Å²) in [6.45, 7) is 2.31. The number of methoxy groups -OCH3 is 1. The quantitative estimate of drug-likeness (QED) is 0.276. The first kappa shape index (κ1) is 33.7. The second-order valence-corrected chi connectivity index (χ2v) is 11.2. The number of anilines is 2. The fraction of sp³-hybridized carbons (Fsp3) is 0.452. The number of nitriles is 1. The van der Waals surface area contributed by atoms with E-state index in [9.17, 15) is 17.6 Å². The molecule has 14 heteroatoms. The number of carbonyl (C=O) groups is 1. The number of carboxylic acids is 1. The Morgan fingerprint density at radius 1 is 1.11 bits per heavy atom. The molecule has 3 aromatic rings. The van der Waals surface area contributed by atoms with E-state index < -0.39 is 23.8 Å². The maximum atomic E-state index is 15.6. The molecule has 0 unspecified atom stereocenters. The lowest BCUT2D eigenvalue weighted by molar-refractivity contribution is -0.192. The van der Waals surface area contributed by atoms with Gasteiger partial charge in [-0.15, -0.1) is 5.10 Å². The van der Waals surface area contributed by atoms with Gasteiger partial charge in [-0.1, -0.05) is 12.5 Å². The van der Waals surface area contributed by atoms with E-state index in [0.717, 1.165) is 57.3 Å². The van der Waals surface area contributed by atoms with Crippen molar-refractivity contribution in [3.05, 3.63) is 59.7 Å². The zero-order valence-electron chi connectivity index (χ0n) is 24.7. The zero-order valence-corrected chi connectivity index (χ0v) is 24.7. The van der Waals surface area contributed by atoms with E-state index in [1.54, 1.807) is 25.3 Å². The molecule has 2 aliphatic rings. The number of benzene rings is 2. The van der Waals surface area contributed by atoms with Crippen LogP contribution < -0.4 is 16.0 Å². The lowest BCUT2D eigenvalue weighted by Gasteiger charge is -2.33. The number of rotatable bonds is 7. The zero-order chi connectivity index (χ0) is 32.7. The first-order valence-corrected chi connectivity index (χ1v) is 14.6. The average Bonchev–Trinajstić information content (AvgIpc) is 3.44. The molecule has 242 valence electrons. The summed E-state index contributed by atoms with van der Waals surface area (Å²) in [6, 6.07) is 13.4. The van der Waals surface area contributed by atoms with Crippen molar-refractivity contribution in [1.82, 2.24) is 9.78 Å². The molecule has 2 heterocycles. The van der Waals surface area contributed by atoms with Gasteiger partial charge < -0.3 is 25.8 Å². The van der Waals surface area contributed by atoms with Gasteiger partial charge in [-0.2, -0.15) is 18.4 Å². The molecule has 0 spiro atoms. The topological polar surface area (TPSA) is 129 Å². The van der Waals surface area contributed by atoms with Crippen molar-refractivity contribution < 1.29 is 36.6 Å². The van der Waals surface area contributed by atoms with Crippen LogP contribution in [0.25, 0.3) is 16.9 Å². The van der Waals surface area contributed by atoms with Crippen LogP contribution in [0, 0.1) is 28.9 Å². The monoisotopic (exact) mass is 634 g/mol. The highest BCUT2D eigenvalue weighted by atomic mass is 19.4. The van der Waals surface area contributed by atoms with E-state index >= 15 is 4.39 Å². The second kappa shape index (κ2) is 14.7. The van der Waals surface area contributed by atoms with Gasteiger partial charge in [0.2, 0.25) is 0 Å². The summed E-state index contributed by atoms with van der Waals surface area (Å²) < 4.78 is 68.8. The number of nitrogens with one attached hydrogen (secondary N) is 1. The normalized spacial score (nSPS) is 18.9. The molecule has 0 amide bonds. The molecule has 1 saturated carbocycles. The summed E-state index contributed by atoms with van der Waals surface area (Å²) in [4.78, 5) is 11.1. The minimum atomic E-state index is -5.08. The summed E-state index contributed by atoms with van der Waals surface area (Å²) in [5.74, 6) is -2.78. The van der Waals surface area contributed by atoms with E-state index in [4.69, 9.17) is 25.6 Å². The molecular formula is C31H35F5N6O3. The summed E-state index contributed by atoms with van der Waals surface area (Å²) in [5.41, 5.74) is 8.23. The van der Waals surface area contributed by atoms with Gasteiger partial charge in [0.1, 0.15) is 23.4 Å². The number of alkyl halides is 3. The lowest BCUT2D eigenvalue weighted by atomic mass is 9.86. The van der Waals surface area contributed by atoms with Crippen LogP contribution in [0.1, 0.15) is 44.1 Å². The van der Waals surface area contributed by atoms with Crippen molar-refractivity contribution in [3.63, 3.8) is 0 Å². The Bertz CT molecular complexity index is 1510. The number of aliphatic carboxylic acids is 1. The van der Waals surface area contributed by atoms with Gasteiger partial charge in [-0.25, -0.2) is 18.3 Å². The molecule has 0 radical (unpaired) electrons. The molecule has 1 aliphatic carbocycles.